The zero-order chi connectivity index (χ0) is 32.9. The molecule has 1 atom stereocenters. The van der Waals surface area contributed by atoms with Gasteiger partial charge in [-0.15, -0.1) is 10.2 Å². The van der Waals surface area contributed by atoms with Crippen molar-refractivity contribution in [2.75, 3.05) is 11.5 Å². The number of anilines is 1. The summed E-state index contributed by atoms with van der Waals surface area (Å²) in [6, 6.07) is 28.6. The van der Waals surface area contributed by atoms with Gasteiger partial charge in [-0.05, 0) is 48.7 Å². The van der Waals surface area contributed by atoms with Crippen molar-refractivity contribution in [1.82, 2.24) is 10.2 Å². The molecule has 1 aliphatic rings. The number of aryl methyl sites for hydroxylation is 1. The molecule has 8 nitrogen and oxygen atoms in total. The fourth-order valence-electron chi connectivity index (χ4n) is 5.14. The first-order valence-electron chi connectivity index (χ1n) is 14.8. The summed E-state index contributed by atoms with van der Waals surface area (Å²) in [7, 11) is 0. The van der Waals surface area contributed by atoms with Gasteiger partial charge in [0.05, 0.1) is 18.2 Å². The lowest BCUT2D eigenvalue weighted by molar-refractivity contribution is -0.132. The number of hydrogen-bond acceptors (Lipinski definition) is 9. The number of ether oxygens (including phenoxy) is 2. The minimum atomic E-state index is -1.01. The van der Waals surface area contributed by atoms with Crippen LogP contribution in [-0.4, -0.2) is 33.6 Å². The number of thioether (sulfide) groups is 1. The maximum Gasteiger partial charge on any atom is 0.301 e. The number of ketones is 1. The molecule has 1 aromatic heterocycles. The summed E-state index contributed by atoms with van der Waals surface area (Å²) in [6.45, 7) is 4.47. The Kier molecular flexibility index (Phi) is 9.91. The lowest BCUT2D eigenvalue weighted by Gasteiger charge is -2.23. The molecule has 6 rings (SSSR count). The fourth-order valence-corrected chi connectivity index (χ4v) is 7.30. The molecule has 1 fully saturated rings. The van der Waals surface area contributed by atoms with Crippen LogP contribution in [0.5, 0.6) is 11.5 Å². The van der Waals surface area contributed by atoms with E-state index < -0.39 is 17.7 Å². The number of aromatic nitrogens is 2. The van der Waals surface area contributed by atoms with Gasteiger partial charge in [-0.25, -0.2) is 0 Å². The van der Waals surface area contributed by atoms with E-state index in [0.717, 1.165) is 16.7 Å². The van der Waals surface area contributed by atoms with E-state index in [1.165, 1.54) is 28.0 Å². The number of aliphatic hydroxyl groups is 1. The van der Waals surface area contributed by atoms with Crippen LogP contribution in [-0.2, 0) is 21.9 Å². The summed E-state index contributed by atoms with van der Waals surface area (Å²) in [5, 5.41) is 21.0. The average molecular weight is 684 g/mol. The summed E-state index contributed by atoms with van der Waals surface area (Å²) < 4.78 is 12.7. The topological polar surface area (TPSA) is 102 Å². The average Bonchev–Trinajstić information content (AvgIpc) is 3.66. The molecule has 47 heavy (non-hydrogen) atoms. The Morgan fingerprint density at radius 2 is 1.68 bits per heavy atom. The first-order valence-corrected chi connectivity index (χ1v) is 17.0. The summed E-state index contributed by atoms with van der Waals surface area (Å²) in [4.78, 5) is 28.8. The van der Waals surface area contributed by atoms with Crippen LogP contribution in [0.25, 0.3) is 5.76 Å². The van der Waals surface area contributed by atoms with Gasteiger partial charge in [-0.3, -0.25) is 14.5 Å². The number of carbonyl (C=O) groups is 2. The van der Waals surface area contributed by atoms with E-state index in [-0.39, 0.29) is 16.5 Å². The molecule has 1 aliphatic heterocycles. The zero-order valence-electron chi connectivity index (χ0n) is 25.6. The molecule has 5 aromatic rings. The highest BCUT2D eigenvalue weighted by molar-refractivity contribution is 8.00. The van der Waals surface area contributed by atoms with Gasteiger partial charge in [-0.2, -0.15) is 0 Å². The van der Waals surface area contributed by atoms with Crippen LogP contribution in [0.1, 0.15) is 40.8 Å². The van der Waals surface area contributed by atoms with E-state index in [2.05, 4.69) is 10.2 Å². The predicted octanol–water partition coefficient (Wildman–Crippen LogP) is 8.40. The molecule has 0 spiro atoms. The quantitative estimate of drug-likeness (QED) is 0.0487. The standard InChI is InChI=1S/C36H30ClN3O5S2/c1-3-44-29-19-25(17-18-28(29)45-20-23-9-5-4-6-10-23)31-30(32(41)24-15-13-22(2)14-16-24)33(42)34(43)40(31)35-38-39-36(47-35)46-21-26-11-7-8-12-27(26)37/h4-19,31,41H,3,20-21H2,1-2H3. The van der Waals surface area contributed by atoms with Gasteiger partial charge >= 0.3 is 5.91 Å². The monoisotopic (exact) mass is 683 g/mol. The summed E-state index contributed by atoms with van der Waals surface area (Å²) in [6.07, 6.45) is 0. The van der Waals surface area contributed by atoms with Crippen molar-refractivity contribution in [2.24, 2.45) is 0 Å². The van der Waals surface area contributed by atoms with Crippen molar-refractivity contribution < 1.29 is 24.2 Å². The van der Waals surface area contributed by atoms with E-state index >= 15 is 0 Å². The number of halogens is 1. The second kappa shape index (κ2) is 14.4. The van der Waals surface area contributed by atoms with Gasteiger partial charge in [0.25, 0.3) is 5.78 Å². The normalized spacial score (nSPS) is 15.6. The SMILES string of the molecule is CCOc1cc(C2C(=C(O)c3ccc(C)cc3)C(=O)C(=O)N2c2nnc(SCc3ccccc3Cl)s2)ccc1OCc1ccccc1. The Hall–Kier alpha value is -4.64. The second-order valence-electron chi connectivity index (χ2n) is 10.7. The molecule has 1 saturated heterocycles. The number of aliphatic hydroxyl groups excluding tert-OH is 1. The molecule has 0 aliphatic carbocycles. The smallest absolute Gasteiger partial charge is 0.301 e. The Morgan fingerprint density at radius 1 is 0.936 bits per heavy atom. The van der Waals surface area contributed by atoms with Crippen molar-refractivity contribution in [1.29, 1.82) is 0 Å². The van der Waals surface area contributed by atoms with Crippen LogP contribution in [0.4, 0.5) is 5.13 Å². The molecular weight excluding hydrogens is 654 g/mol. The highest BCUT2D eigenvalue weighted by Gasteiger charge is 2.48. The maximum atomic E-state index is 13.7. The Labute approximate surface area is 285 Å². The van der Waals surface area contributed by atoms with E-state index in [1.807, 2.05) is 80.6 Å². The van der Waals surface area contributed by atoms with E-state index in [1.54, 1.807) is 30.3 Å². The number of benzene rings is 4. The third-order valence-corrected chi connectivity index (χ3v) is 9.97. The Morgan fingerprint density at radius 3 is 2.43 bits per heavy atom. The highest BCUT2D eigenvalue weighted by atomic mass is 35.5. The van der Waals surface area contributed by atoms with Gasteiger partial charge in [0.2, 0.25) is 5.13 Å². The highest BCUT2D eigenvalue weighted by Crippen LogP contribution is 2.46. The molecular formula is C36H30ClN3O5S2. The van der Waals surface area contributed by atoms with Crippen LogP contribution in [0, 0.1) is 6.92 Å². The second-order valence-corrected chi connectivity index (χ2v) is 13.3. The molecule has 11 heteroatoms. The molecule has 238 valence electrons. The molecule has 1 amide bonds. The maximum absolute atomic E-state index is 13.7. The van der Waals surface area contributed by atoms with E-state index in [4.69, 9.17) is 21.1 Å². The van der Waals surface area contributed by atoms with Crippen LogP contribution in [0.15, 0.2) is 107 Å². The van der Waals surface area contributed by atoms with Crippen molar-refractivity contribution in [3.05, 3.63) is 135 Å². The fraction of sp³-hybridized carbons (Fsp3) is 0.167. The largest absolute Gasteiger partial charge is 0.507 e. The lowest BCUT2D eigenvalue weighted by Crippen LogP contribution is -2.29. The predicted molar refractivity (Wildman–Crippen MR) is 185 cm³/mol. The molecule has 0 radical (unpaired) electrons. The Balaban J connectivity index is 1.39. The molecule has 1 unspecified atom stereocenters. The minimum Gasteiger partial charge on any atom is -0.507 e. The lowest BCUT2D eigenvalue weighted by atomic mass is 9.95. The molecule has 4 aromatic carbocycles. The van der Waals surface area contributed by atoms with Crippen LogP contribution in [0.3, 0.4) is 0 Å². The summed E-state index contributed by atoms with van der Waals surface area (Å²) >= 11 is 8.95. The van der Waals surface area contributed by atoms with Gasteiger partial charge in [0, 0.05) is 16.3 Å². The van der Waals surface area contributed by atoms with Crippen molar-refractivity contribution in [3.63, 3.8) is 0 Å². The van der Waals surface area contributed by atoms with Gasteiger partial charge in [0.15, 0.2) is 15.8 Å². The number of nitrogens with zero attached hydrogens (tertiary/aromatic N) is 3. The van der Waals surface area contributed by atoms with Crippen LogP contribution >= 0.6 is 34.7 Å². The van der Waals surface area contributed by atoms with Crippen molar-refractivity contribution in [2.45, 2.75) is 36.6 Å². The van der Waals surface area contributed by atoms with Gasteiger partial charge < -0.3 is 14.6 Å². The number of hydrogen-bond donors (Lipinski definition) is 1. The van der Waals surface area contributed by atoms with Gasteiger partial charge in [0.1, 0.15) is 12.4 Å². The van der Waals surface area contributed by atoms with Crippen molar-refractivity contribution in [3.8, 4) is 11.5 Å². The number of rotatable bonds is 11. The van der Waals surface area contributed by atoms with Gasteiger partial charge in [-0.1, -0.05) is 119 Å². The molecule has 0 saturated carbocycles. The Bertz CT molecular complexity index is 1950. The van der Waals surface area contributed by atoms with Crippen LogP contribution < -0.4 is 14.4 Å². The third kappa shape index (κ3) is 7.05. The summed E-state index contributed by atoms with van der Waals surface area (Å²) in [5.41, 5.74) is 3.81. The van der Waals surface area contributed by atoms with E-state index in [9.17, 15) is 14.7 Å². The molecule has 1 N–H and O–H groups in total. The van der Waals surface area contributed by atoms with Crippen LogP contribution in [0.2, 0.25) is 5.02 Å². The number of Topliss-reactive ketones (excluding diaryl/α,β-unsaturated/α-hetero) is 1. The van der Waals surface area contributed by atoms with E-state index in [0.29, 0.717) is 51.0 Å². The van der Waals surface area contributed by atoms with Crippen molar-refractivity contribution >= 4 is 57.3 Å². The number of amides is 1. The zero-order valence-corrected chi connectivity index (χ0v) is 27.9. The summed E-state index contributed by atoms with van der Waals surface area (Å²) in [5.74, 6) is -0.428. The molecule has 2 heterocycles. The first kappa shape index (κ1) is 32.3. The third-order valence-electron chi connectivity index (χ3n) is 7.50. The first-order chi connectivity index (χ1) is 22.8. The number of carbonyl (C=O) groups excluding carboxylic acids is 2. The molecule has 0 bridgehead atoms. The minimum absolute atomic E-state index is 0.0558.